The van der Waals surface area contributed by atoms with Crippen molar-refractivity contribution in [2.45, 2.75) is 25.8 Å². The van der Waals surface area contributed by atoms with Crippen LogP contribution in [0.15, 0.2) is 18.3 Å². The average molecular weight is 233 g/mol. The van der Waals surface area contributed by atoms with E-state index in [1.165, 1.54) is 0 Å². The summed E-state index contributed by atoms with van der Waals surface area (Å²) in [6.07, 6.45) is 3.99. The van der Waals surface area contributed by atoms with Gasteiger partial charge < -0.3 is 9.80 Å². The van der Waals surface area contributed by atoms with Crippen LogP contribution in [0, 0.1) is 0 Å². The predicted molar refractivity (Wildman–Crippen MR) is 68.3 cm³/mol. The molecule has 0 atom stereocenters. The number of carbonyl (C=O) groups is 1. The van der Waals surface area contributed by atoms with Crippen LogP contribution in [0.5, 0.6) is 0 Å². The molecular formula is C13H19N3O. The summed E-state index contributed by atoms with van der Waals surface area (Å²) in [5.41, 5.74) is 0.734. The van der Waals surface area contributed by atoms with E-state index in [1.807, 2.05) is 36.9 Å². The molecule has 1 aliphatic carbocycles. The fourth-order valence-corrected chi connectivity index (χ4v) is 1.92. The van der Waals surface area contributed by atoms with Gasteiger partial charge in [-0.05, 0) is 31.9 Å². The highest BCUT2D eigenvalue weighted by Crippen LogP contribution is 2.28. The third-order valence-corrected chi connectivity index (χ3v) is 3.04. The van der Waals surface area contributed by atoms with Gasteiger partial charge in [-0.3, -0.25) is 4.79 Å². The molecule has 1 aromatic heterocycles. The first-order valence-electron chi connectivity index (χ1n) is 6.07. The lowest BCUT2D eigenvalue weighted by molar-refractivity contribution is 0.0752. The minimum Gasteiger partial charge on any atom is -0.363 e. The monoisotopic (exact) mass is 233 g/mol. The van der Waals surface area contributed by atoms with Crippen LogP contribution in [-0.2, 0) is 0 Å². The van der Waals surface area contributed by atoms with E-state index in [9.17, 15) is 4.79 Å². The second-order valence-corrected chi connectivity index (χ2v) is 4.62. The summed E-state index contributed by atoms with van der Waals surface area (Å²) in [5, 5.41) is 0. The third-order valence-electron chi connectivity index (χ3n) is 3.04. The molecule has 0 spiro atoms. The summed E-state index contributed by atoms with van der Waals surface area (Å²) < 4.78 is 0. The van der Waals surface area contributed by atoms with Gasteiger partial charge in [0.1, 0.15) is 5.82 Å². The van der Waals surface area contributed by atoms with Gasteiger partial charge in [0, 0.05) is 38.4 Å². The Morgan fingerprint density at radius 2 is 2.18 bits per heavy atom. The van der Waals surface area contributed by atoms with E-state index in [0.29, 0.717) is 6.04 Å². The molecule has 4 heteroatoms. The molecule has 17 heavy (non-hydrogen) atoms. The number of hydrogen-bond acceptors (Lipinski definition) is 3. The number of carbonyl (C=O) groups excluding carboxylic acids is 1. The van der Waals surface area contributed by atoms with Crippen LogP contribution >= 0.6 is 0 Å². The molecule has 0 aliphatic heterocycles. The topological polar surface area (TPSA) is 36.4 Å². The van der Waals surface area contributed by atoms with E-state index in [0.717, 1.165) is 30.8 Å². The number of rotatable bonds is 4. The number of pyridine rings is 1. The highest BCUT2D eigenvalue weighted by Gasteiger charge is 2.31. The van der Waals surface area contributed by atoms with Crippen molar-refractivity contribution in [2.75, 3.05) is 25.5 Å². The van der Waals surface area contributed by atoms with E-state index >= 15 is 0 Å². The van der Waals surface area contributed by atoms with E-state index < -0.39 is 0 Å². The maximum atomic E-state index is 12.3. The molecule has 1 heterocycles. The molecule has 4 nitrogen and oxygen atoms in total. The molecule has 0 unspecified atom stereocenters. The maximum Gasteiger partial charge on any atom is 0.254 e. The Hall–Kier alpha value is -1.58. The molecule has 1 fully saturated rings. The number of hydrogen-bond donors (Lipinski definition) is 0. The Morgan fingerprint density at radius 1 is 1.47 bits per heavy atom. The summed E-state index contributed by atoms with van der Waals surface area (Å²) in [5.74, 6) is 0.947. The van der Waals surface area contributed by atoms with E-state index in [2.05, 4.69) is 4.98 Å². The first-order chi connectivity index (χ1) is 8.13. The highest BCUT2D eigenvalue weighted by atomic mass is 16.2. The first-order valence-corrected chi connectivity index (χ1v) is 6.07. The van der Waals surface area contributed by atoms with Gasteiger partial charge in [-0.15, -0.1) is 0 Å². The second-order valence-electron chi connectivity index (χ2n) is 4.62. The van der Waals surface area contributed by atoms with Crippen molar-refractivity contribution >= 4 is 11.7 Å². The van der Waals surface area contributed by atoms with Crippen molar-refractivity contribution in [3.63, 3.8) is 0 Å². The fourth-order valence-electron chi connectivity index (χ4n) is 1.92. The normalized spacial score (nSPS) is 14.5. The summed E-state index contributed by atoms with van der Waals surface area (Å²) >= 11 is 0. The Morgan fingerprint density at radius 3 is 2.71 bits per heavy atom. The van der Waals surface area contributed by atoms with Crippen molar-refractivity contribution in [3.8, 4) is 0 Å². The minimum atomic E-state index is 0.125. The Bertz CT molecular complexity index is 413. The number of aromatic nitrogens is 1. The van der Waals surface area contributed by atoms with Crippen LogP contribution in [0.1, 0.15) is 30.1 Å². The van der Waals surface area contributed by atoms with Gasteiger partial charge in [0.15, 0.2) is 0 Å². The van der Waals surface area contributed by atoms with Gasteiger partial charge >= 0.3 is 0 Å². The van der Waals surface area contributed by atoms with E-state index in [1.54, 1.807) is 12.3 Å². The third kappa shape index (κ3) is 2.57. The summed E-state index contributed by atoms with van der Waals surface area (Å²) in [7, 11) is 3.85. The van der Waals surface area contributed by atoms with Gasteiger partial charge in [-0.25, -0.2) is 4.98 Å². The minimum absolute atomic E-state index is 0.125. The SMILES string of the molecule is CCN(C(=O)c1ccnc(N(C)C)c1)C1CC1. The molecular weight excluding hydrogens is 214 g/mol. The Kier molecular flexibility index (Phi) is 3.31. The quantitative estimate of drug-likeness (QED) is 0.795. The largest absolute Gasteiger partial charge is 0.363 e. The summed E-state index contributed by atoms with van der Waals surface area (Å²) in [4.78, 5) is 20.4. The molecule has 0 bridgehead atoms. The van der Waals surface area contributed by atoms with Gasteiger partial charge in [-0.1, -0.05) is 0 Å². The first kappa shape index (κ1) is 11.9. The number of amides is 1. The fraction of sp³-hybridized carbons (Fsp3) is 0.538. The van der Waals surface area contributed by atoms with Crippen molar-refractivity contribution in [1.29, 1.82) is 0 Å². The molecule has 1 amide bonds. The van der Waals surface area contributed by atoms with Crippen molar-refractivity contribution in [1.82, 2.24) is 9.88 Å². The van der Waals surface area contributed by atoms with E-state index in [4.69, 9.17) is 0 Å². The Labute approximate surface area is 102 Å². The van der Waals surface area contributed by atoms with Gasteiger partial charge in [0.2, 0.25) is 0 Å². The van der Waals surface area contributed by atoms with Crippen LogP contribution in [0.2, 0.25) is 0 Å². The van der Waals surface area contributed by atoms with Crippen LogP contribution in [0.25, 0.3) is 0 Å². The lowest BCUT2D eigenvalue weighted by Gasteiger charge is -2.21. The van der Waals surface area contributed by atoms with Gasteiger partial charge in [0.05, 0.1) is 0 Å². The molecule has 0 aromatic carbocycles. The van der Waals surface area contributed by atoms with Crippen LogP contribution in [0.3, 0.4) is 0 Å². The molecule has 1 aromatic rings. The predicted octanol–water partition coefficient (Wildman–Crippen LogP) is 1.77. The summed E-state index contributed by atoms with van der Waals surface area (Å²) in [6, 6.07) is 4.11. The molecule has 92 valence electrons. The summed E-state index contributed by atoms with van der Waals surface area (Å²) in [6.45, 7) is 2.81. The molecule has 0 saturated heterocycles. The zero-order valence-electron chi connectivity index (χ0n) is 10.7. The van der Waals surface area contributed by atoms with Crippen LogP contribution in [-0.4, -0.2) is 42.5 Å². The van der Waals surface area contributed by atoms with Crippen molar-refractivity contribution in [3.05, 3.63) is 23.9 Å². The molecule has 2 rings (SSSR count). The Balaban J connectivity index is 2.20. The molecule has 0 radical (unpaired) electrons. The van der Waals surface area contributed by atoms with Crippen molar-refractivity contribution in [2.24, 2.45) is 0 Å². The van der Waals surface area contributed by atoms with Gasteiger partial charge in [0.25, 0.3) is 5.91 Å². The van der Waals surface area contributed by atoms with Crippen molar-refractivity contribution < 1.29 is 4.79 Å². The zero-order chi connectivity index (χ0) is 12.4. The molecule has 1 aliphatic rings. The van der Waals surface area contributed by atoms with Gasteiger partial charge in [-0.2, -0.15) is 0 Å². The maximum absolute atomic E-state index is 12.3. The average Bonchev–Trinajstić information content (AvgIpc) is 3.14. The zero-order valence-corrected chi connectivity index (χ0v) is 10.7. The molecule has 1 saturated carbocycles. The number of nitrogens with zero attached hydrogens (tertiary/aromatic N) is 3. The smallest absolute Gasteiger partial charge is 0.254 e. The van der Waals surface area contributed by atoms with E-state index in [-0.39, 0.29) is 5.91 Å². The molecule has 0 N–H and O–H groups in total. The lowest BCUT2D eigenvalue weighted by atomic mass is 10.2. The number of anilines is 1. The van der Waals surface area contributed by atoms with Crippen LogP contribution in [0.4, 0.5) is 5.82 Å². The standard InChI is InChI=1S/C13H19N3O/c1-4-16(11-5-6-11)13(17)10-7-8-14-12(9-10)15(2)3/h7-9,11H,4-6H2,1-3H3. The van der Waals surface area contributed by atoms with Crippen LogP contribution < -0.4 is 4.90 Å². The second kappa shape index (κ2) is 4.73. The highest BCUT2D eigenvalue weighted by molar-refractivity contribution is 5.95. The lowest BCUT2D eigenvalue weighted by Crippen LogP contribution is -2.33.